The van der Waals surface area contributed by atoms with E-state index >= 15 is 0 Å². The predicted octanol–water partition coefficient (Wildman–Crippen LogP) is 11.1. The lowest BCUT2D eigenvalue weighted by atomic mass is 9.84. The van der Waals surface area contributed by atoms with Crippen molar-refractivity contribution in [2.24, 2.45) is 0 Å². The van der Waals surface area contributed by atoms with Gasteiger partial charge in [0.2, 0.25) is 0 Å². The highest BCUT2D eigenvalue weighted by atomic mass is 32.2. The Hall–Kier alpha value is -5.21. The molecular weight excluding hydrogens is 705 g/mol. The van der Waals surface area contributed by atoms with Gasteiger partial charge in [0, 0.05) is 29.6 Å². The Labute approximate surface area is 331 Å². The zero-order chi connectivity index (χ0) is 39.5. The van der Waals surface area contributed by atoms with Crippen LogP contribution in [0.2, 0.25) is 0 Å². The first-order valence-electron chi connectivity index (χ1n) is 18.9. The van der Waals surface area contributed by atoms with Gasteiger partial charge in [0.1, 0.15) is 17.0 Å². The lowest BCUT2D eigenvalue weighted by molar-refractivity contribution is 0.00691. The van der Waals surface area contributed by atoms with Gasteiger partial charge >= 0.3 is 12.1 Å². The molecule has 2 N–H and O–H groups in total. The lowest BCUT2D eigenvalue weighted by Crippen LogP contribution is -2.45. The Balaban J connectivity index is 1.46. The maximum absolute atomic E-state index is 13.3. The first-order chi connectivity index (χ1) is 26.3. The van der Waals surface area contributed by atoms with Gasteiger partial charge in [-0.1, -0.05) is 110 Å². The maximum atomic E-state index is 13.3. The van der Waals surface area contributed by atoms with E-state index in [2.05, 4.69) is 90.4 Å². The lowest BCUT2D eigenvalue weighted by Gasteiger charge is -2.37. The zero-order valence-electron chi connectivity index (χ0n) is 33.1. The normalized spacial score (nSPS) is 12.3. The summed E-state index contributed by atoms with van der Waals surface area (Å²) in [5.41, 5.74) is 5.20. The van der Waals surface area contributed by atoms with Crippen LogP contribution in [-0.4, -0.2) is 48.2 Å². The Kier molecular flexibility index (Phi) is 13.7. The van der Waals surface area contributed by atoms with Crippen molar-refractivity contribution < 1.29 is 23.8 Å². The minimum Gasteiger partial charge on any atom is -0.493 e. The van der Waals surface area contributed by atoms with Crippen molar-refractivity contribution in [3.8, 4) is 16.9 Å². The van der Waals surface area contributed by atoms with Crippen molar-refractivity contribution >= 4 is 29.5 Å². The molecule has 0 aliphatic rings. The molecule has 55 heavy (non-hydrogen) atoms. The van der Waals surface area contributed by atoms with Gasteiger partial charge in [0.25, 0.3) is 0 Å². The number of nitrogens with one attached hydrogen (secondary N) is 2. The maximum Gasteiger partial charge on any atom is 0.407 e. The van der Waals surface area contributed by atoms with E-state index in [4.69, 9.17) is 14.2 Å². The highest BCUT2D eigenvalue weighted by Crippen LogP contribution is 2.48. The van der Waals surface area contributed by atoms with Crippen LogP contribution in [0, 0.1) is 0 Å². The number of benzene rings is 5. The van der Waals surface area contributed by atoms with Crippen LogP contribution in [0.5, 0.6) is 5.75 Å². The third kappa shape index (κ3) is 11.4. The molecular formula is C47H54N2O5S. The van der Waals surface area contributed by atoms with Gasteiger partial charge in [-0.2, -0.15) is 0 Å². The van der Waals surface area contributed by atoms with Crippen LogP contribution in [0.3, 0.4) is 0 Å². The summed E-state index contributed by atoms with van der Waals surface area (Å²) < 4.78 is 17.1. The number of alkyl carbamates (subject to hydrolysis) is 1. The minimum absolute atomic E-state index is 0.333. The molecule has 5 aromatic rings. The second kappa shape index (κ2) is 18.4. The van der Waals surface area contributed by atoms with E-state index in [0.29, 0.717) is 30.2 Å². The molecule has 0 heterocycles. The van der Waals surface area contributed by atoms with Crippen molar-refractivity contribution in [3.63, 3.8) is 0 Å². The van der Waals surface area contributed by atoms with Crippen LogP contribution >= 0.6 is 11.8 Å². The Morgan fingerprint density at radius 1 is 0.673 bits per heavy atom. The van der Waals surface area contributed by atoms with E-state index in [1.54, 1.807) is 17.8 Å². The third-order valence-electron chi connectivity index (χ3n) is 8.57. The summed E-state index contributed by atoms with van der Waals surface area (Å²) in [6.45, 7) is 14.2. The number of carbonyl (C=O) groups excluding carboxylic acids is 2. The van der Waals surface area contributed by atoms with E-state index < -0.39 is 22.0 Å². The van der Waals surface area contributed by atoms with Crippen LogP contribution in [0.4, 0.5) is 10.5 Å². The number of thioether (sulfide) groups is 1. The van der Waals surface area contributed by atoms with E-state index in [1.165, 1.54) is 0 Å². The summed E-state index contributed by atoms with van der Waals surface area (Å²) >= 11 is 1.78. The van der Waals surface area contributed by atoms with Crippen LogP contribution in [0.25, 0.3) is 11.1 Å². The number of anilines is 1. The summed E-state index contributed by atoms with van der Waals surface area (Å²) in [5, 5.41) is 6.75. The number of amides is 1. The fourth-order valence-electron chi connectivity index (χ4n) is 6.21. The van der Waals surface area contributed by atoms with E-state index in [1.807, 2.05) is 96.1 Å². The molecule has 0 spiro atoms. The summed E-state index contributed by atoms with van der Waals surface area (Å²) in [4.78, 5) is 26.2. The van der Waals surface area contributed by atoms with Gasteiger partial charge in [-0.15, -0.1) is 11.8 Å². The molecule has 0 aromatic heterocycles. The molecule has 7 nitrogen and oxygen atoms in total. The molecule has 5 aromatic carbocycles. The topological polar surface area (TPSA) is 85.9 Å². The standard InChI is InChI=1S/C47H54N2O5S/c1-8-29-52-42-31-39(27-28-41(42)34-19-18-20-35(30-34)43(50)53-45(2,3)4)48-32-40(49-44(51)54-46(5,6)7)33-55-47(36-21-12-9-13-22-36,37-23-14-10-15-24-37)38-25-16-11-17-26-38/h9-28,30-31,40,48H,8,29,32-33H2,1-7H3,(H,49,51)/t40-/m1/s1. The number of hydrogen-bond acceptors (Lipinski definition) is 7. The molecule has 0 aliphatic heterocycles. The summed E-state index contributed by atoms with van der Waals surface area (Å²) in [6.07, 6.45) is 0.358. The Bertz CT molecular complexity index is 1890. The van der Waals surface area contributed by atoms with Crippen LogP contribution < -0.4 is 15.4 Å². The van der Waals surface area contributed by atoms with Gasteiger partial charge in [-0.25, -0.2) is 9.59 Å². The largest absolute Gasteiger partial charge is 0.493 e. The smallest absolute Gasteiger partial charge is 0.407 e. The van der Waals surface area contributed by atoms with Crippen molar-refractivity contribution in [2.45, 2.75) is 76.9 Å². The number of hydrogen-bond donors (Lipinski definition) is 2. The number of rotatable bonds is 15. The van der Waals surface area contributed by atoms with Crippen molar-refractivity contribution in [3.05, 3.63) is 156 Å². The van der Waals surface area contributed by atoms with E-state index in [9.17, 15) is 9.59 Å². The van der Waals surface area contributed by atoms with Crippen molar-refractivity contribution in [1.29, 1.82) is 0 Å². The van der Waals surface area contributed by atoms with Gasteiger partial charge in [0.05, 0.1) is 23.0 Å². The number of carbonyl (C=O) groups is 2. The Morgan fingerprint density at radius 3 is 1.76 bits per heavy atom. The highest BCUT2D eigenvalue weighted by Gasteiger charge is 2.38. The monoisotopic (exact) mass is 758 g/mol. The van der Waals surface area contributed by atoms with Crippen LogP contribution in [0.1, 0.15) is 81.9 Å². The summed E-state index contributed by atoms with van der Waals surface area (Å²) in [7, 11) is 0. The van der Waals surface area contributed by atoms with Gasteiger partial charge in [0.15, 0.2) is 0 Å². The highest BCUT2D eigenvalue weighted by molar-refractivity contribution is 8.00. The first kappa shape index (κ1) is 41.0. The van der Waals surface area contributed by atoms with Gasteiger partial charge in [-0.05, 0) is 94.5 Å². The second-order valence-electron chi connectivity index (χ2n) is 15.5. The SMILES string of the molecule is CCCOc1cc(NC[C@H](CSC(c2ccccc2)(c2ccccc2)c2ccccc2)NC(=O)OC(C)(C)C)ccc1-c1cccc(C(=O)OC(C)(C)C)c1. The summed E-state index contributed by atoms with van der Waals surface area (Å²) in [5.74, 6) is 0.871. The van der Waals surface area contributed by atoms with E-state index in [-0.39, 0.29) is 12.0 Å². The fourth-order valence-corrected chi connectivity index (χ4v) is 7.77. The predicted molar refractivity (Wildman–Crippen MR) is 226 cm³/mol. The average Bonchev–Trinajstić information content (AvgIpc) is 3.16. The summed E-state index contributed by atoms with van der Waals surface area (Å²) in [6, 6.07) is 44.6. The molecule has 0 radical (unpaired) electrons. The second-order valence-corrected chi connectivity index (χ2v) is 16.7. The first-order valence-corrected chi connectivity index (χ1v) is 19.9. The van der Waals surface area contributed by atoms with Gasteiger partial charge < -0.3 is 24.8 Å². The van der Waals surface area contributed by atoms with Gasteiger partial charge in [-0.3, -0.25) is 0 Å². The molecule has 1 amide bonds. The molecule has 8 heteroatoms. The fraction of sp³-hybridized carbons (Fsp3) is 0.319. The minimum atomic E-state index is -0.654. The molecule has 0 bridgehead atoms. The Morgan fingerprint density at radius 2 is 1.24 bits per heavy atom. The molecule has 1 atom stereocenters. The third-order valence-corrected chi connectivity index (χ3v) is 10.3. The quantitative estimate of drug-likeness (QED) is 0.0812. The zero-order valence-corrected chi connectivity index (χ0v) is 33.9. The van der Waals surface area contributed by atoms with Crippen molar-refractivity contribution in [1.82, 2.24) is 5.32 Å². The molecule has 0 unspecified atom stereocenters. The van der Waals surface area contributed by atoms with E-state index in [0.717, 1.165) is 39.9 Å². The molecule has 288 valence electrons. The molecule has 0 saturated heterocycles. The molecule has 0 saturated carbocycles. The number of esters is 1. The molecule has 5 rings (SSSR count). The van der Waals surface area contributed by atoms with Crippen LogP contribution in [-0.2, 0) is 14.2 Å². The average molecular weight is 759 g/mol. The van der Waals surface area contributed by atoms with Crippen LogP contribution in [0.15, 0.2) is 133 Å². The number of ether oxygens (including phenoxy) is 3. The van der Waals surface area contributed by atoms with Crippen molar-refractivity contribution in [2.75, 3.05) is 24.2 Å². The molecule has 0 aliphatic carbocycles. The molecule has 0 fully saturated rings.